The SMILES string of the molecule is Cc1cccc(CC(=O)NCCn2nc(-c3cccs3)oc2=O)c1. The molecule has 1 amide bonds. The first-order chi connectivity index (χ1) is 11.6. The molecule has 0 aliphatic rings. The van der Waals surface area contributed by atoms with E-state index in [2.05, 4.69) is 10.4 Å². The fraction of sp³-hybridized carbons (Fsp3) is 0.235. The van der Waals surface area contributed by atoms with E-state index in [-0.39, 0.29) is 12.5 Å². The molecular formula is C17H17N3O3S. The van der Waals surface area contributed by atoms with E-state index in [9.17, 15) is 9.59 Å². The summed E-state index contributed by atoms with van der Waals surface area (Å²) in [5, 5.41) is 8.82. The maximum atomic E-state index is 12.0. The topological polar surface area (TPSA) is 77.1 Å². The predicted molar refractivity (Wildman–Crippen MR) is 92.0 cm³/mol. The van der Waals surface area contributed by atoms with Crippen LogP contribution >= 0.6 is 11.3 Å². The highest BCUT2D eigenvalue weighted by molar-refractivity contribution is 7.13. The van der Waals surface area contributed by atoms with Gasteiger partial charge in [0.15, 0.2) is 0 Å². The molecule has 0 bridgehead atoms. The Balaban J connectivity index is 1.53. The van der Waals surface area contributed by atoms with Gasteiger partial charge in [0, 0.05) is 6.54 Å². The van der Waals surface area contributed by atoms with E-state index < -0.39 is 5.76 Å². The van der Waals surface area contributed by atoms with E-state index in [4.69, 9.17) is 4.42 Å². The molecule has 124 valence electrons. The largest absolute Gasteiger partial charge is 0.437 e. The van der Waals surface area contributed by atoms with Gasteiger partial charge >= 0.3 is 5.76 Å². The summed E-state index contributed by atoms with van der Waals surface area (Å²) in [5.41, 5.74) is 2.08. The van der Waals surface area contributed by atoms with Gasteiger partial charge in [0.2, 0.25) is 5.91 Å². The van der Waals surface area contributed by atoms with Gasteiger partial charge in [-0.2, -0.15) is 4.68 Å². The highest BCUT2D eigenvalue weighted by Gasteiger charge is 2.11. The number of nitrogens with one attached hydrogen (secondary N) is 1. The Morgan fingerprint density at radius 2 is 2.21 bits per heavy atom. The summed E-state index contributed by atoms with van der Waals surface area (Å²) in [7, 11) is 0. The lowest BCUT2D eigenvalue weighted by Crippen LogP contribution is -2.31. The van der Waals surface area contributed by atoms with Crippen LogP contribution in [-0.4, -0.2) is 22.2 Å². The minimum absolute atomic E-state index is 0.0874. The fourth-order valence-electron chi connectivity index (χ4n) is 2.32. The minimum Gasteiger partial charge on any atom is -0.387 e. The van der Waals surface area contributed by atoms with E-state index in [0.29, 0.717) is 18.9 Å². The fourth-order valence-corrected chi connectivity index (χ4v) is 2.96. The zero-order chi connectivity index (χ0) is 16.9. The number of hydrogen-bond donors (Lipinski definition) is 1. The number of carbonyl (C=O) groups excluding carboxylic acids is 1. The molecule has 24 heavy (non-hydrogen) atoms. The first kappa shape index (κ1) is 16.2. The molecule has 0 saturated carbocycles. The van der Waals surface area contributed by atoms with Gasteiger partial charge in [0.25, 0.3) is 5.89 Å². The van der Waals surface area contributed by atoms with E-state index in [0.717, 1.165) is 16.0 Å². The third kappa shape index (κ3) is 3.99. The molecule has 0 spiro atoms. The summed E-state index contributed by atoms with van der Waals surface area (Å²) in [5.74, 6) is -0.303. The molecule has 3 aromatic rings. The number of nitrogens with zero attached hydrogens (tertiary/aromatic N) is 2. The molecule has 7 heteroatoms. The van der Waals surface area contributed by atoms with Crippen LogP contribution in [0.2, 0.25) is 0 Å². The first-order valence-corrected chi connectivity index (χ1v) is 8.44. The Morgan fingerprint density at radius 3 is 2.96 bits per heavy atom. The zero-order valence-electron chi connectivity index (χ0n) is 13.2. The van der Waals surface area contributed by atoms with Crippen molar-refractivity contribution in [2.75, 3.05) is 6.54 Å². The van der Waals surface area contributed by atoms with E-state index in [1.54, 1.807) is 0 Å². The van der Waals surface area contributed by atoms with E-state index in [1.807, 2.05) is 48.7 Å². The maximum Gasteiger partial charge on any atom is 0.437 e. The molecule has 0 aliphatic carbocycles. The summed E-state index contributed by atoms with van der Waals surface area (Å²) in [4.78, 5) is 24.5. The van der Waals surface area contributed by atoms with Crippen molar-refractivity contribution in [3.63, 3.8) is 0 Å². The van der Waals surface area contributed by atoms with Crippen LogP contribution in [0.4, 0.5) is 0 Å². The van der Waals surface area contributed by atoms with Crippen molar-refractivity contribution in [3.8, 4) is 10.8 Å². The van der Waals surface area contributed by atoms with E-state index >= 15 is 0 Å². The lowest BCUT2D eigenvalue weighted by Gasteiger charge is -2.05. The second-order valence-corrected chi connectivity index (χ2v) is 6.34. The Bertz CT molecular complexity index is 881. The standard InChI is InChI=1S/C17H17N3O3S/c1-12-4-2-5-13(10-12)11-15(21)18-7-8-20-17(22)23-16(19-20)14-6-3-9-24-14/h2-6,9-10H,7-8,11H2,1H3,(H,18,21). The second kappa shape index (κ2) is 7.27. The molecule has 0 saturated heterocycles. The van der Waals surface area contributed by atoms with Crippen LogP contribution in [0.25, 0.3) is 10.8 Å². The molecule has 0 radical (unpaired) electrons. The van der Waals surface area contributed by atoms with Crippen molar-refractivity contribution in [3.05, 3.63) is 63.5 Å². The minimum atomic E-state index is -0.522. The van der Waals surface area contributed by atoms with Crippen LogP contribution < -0.4 is 11.1 Å². The number of carbonyl (C=O) groups is 1. The number of rotatable bonds is 6. The van der Waals surface area contributed by atoms with Crippen molar-refractivity contribution < 1.29 is 9.21 Å². The Morgan fingerprint density at radius 1 is 1.33 bits per heavy atom. The van der Waals surface area contributed by atoms with Crippen LogP contribution in [-0.2, 0) is 17.8 Å². The highest BCUT2D eigenvalue weighted by Crippen LogP contribution is 2.20. The predicted octanol–water partition coefficient (Wildman–Crippen LogP) is 2.23. The monoisotopic (exact) mass is 343 g/mol. The number of aryl methyl sites for hydroxylation is 1. The smallest absolute Gasteiger partial charge is 0.387 e. The second-order valence-electron chi connectivity index (χ2n) is 5.39. The molecule has 0 atom stereocenters. The Labute approximate surface area is 142 Å². The van der Waals surface area contributed by atoms with E-state index in [1.165, 1.54) is 16.0 Å². The van der Waals surface area contributed by atoms with Crippen LogP contribution in [0.15, 0.2) is 51.0 Å². The summed E-state index contributed by atoms with van der Waals surface area (Å²) < 4.78 is 6.34. The van der Waals surface area contributed by atoms with Crippen LogP contribution in [0.1, 0.15) is 11.1 Å². The summed E-state index contributed by atoms with van der Waals surface area (Å²) in [6.07, 6.45) is 0.315. The third-order valence-electron chi connectivity index (χ3n) is 3.43. The number of aromatic nitrogens is 2. The van der Waals surface area contributed by atoms with Gasteiger partial charge in [0.05, 0.1) is 17.8 Å². The Kier molecular flexibility index (Phi) is 4.90. The number of amides is 1. The molecule has 1 N–H and O–H groups in total. The van der Waals surface area contributed by atoms with Crippen LogP contribution in [0.5, 0.6) is 0 Å². The molecule has 2 aromatic heterocycles. The highest BCUT2D eigenvalue weighted by atomic mass is 32.1. The van der Waals surface area contributed by atoms with Gasteiger partial charge in [0.1, 0.15) is 0 Å². The van der Waals surface area contributed by atoms with Gasteiger partial charge < -0.3 is 9.73 Å². The molecule has 2 heterocycles. The van der Waals surface area contributed by atoms with Crippen molar-refractivity contribution in [1.82, 2.24) is 15.1 Å². The Hall–Kier alpha value is -2.67. The van der Waals surface area contributed by atoms with Crippen molar-refractivity contribution in [2.24, 2.45) is 0 Å². The van der Waals surface area contributed by atoms with Gasteiger partial charge in [-0.3, -0.25) is 4.79 Å². The van der Waals surface area contributed by atoms with Crippen LogP contribution in [0, 0.1) is 6.92 Å². The summed E-state index contributed by atoms with van der Waals surface area (Å²) in [6.45, 7) is 2.58. The number of thiophene rings is 1. The van der Waals surface area contributed by atoms with Gasteiger partial charge in [-0.15, -0.1) is 16.4 Å². The number of hydrogen-bond acceptors (Lipinski definition) is 5. The average Bonchev–Trinajstić information content (AvgIpc) is 3.17. The molecule has 1 aromatic carbocycles. The zero-order valence-corrected chi connectivity index (χ0v) is 14.0. The van der Waals surface area contributed by atoms with Crippen molar-refractivity contribution in [2.45, 2.75) is 19.9 Å². The average molecular weight is 343 g/mol. The molecule has 0 aliphatic heterocycles. The maximum absolute atomic E-state index is 12.0. The molecule has 0 unspecified atom stereocenters. The molecule has 0 fully saturated rings. The van der Waals surface area contributed by atoms with Gasteiger partial charge in [-0.1, -0.05) is 35.9 Å². The summed E-state index contributed by atoms with van der Waals surface area (Å²) in [6, 6.07) is 11.5. The lowest BCUT2D eigenvalue weighted by molar-refractivity contribution is -0.120. The molecule has 6 nitrogen and oxygen atoms in total. The van der Waals surface area contributed by atoms with Gasteiger partial charge in [-0.25, -0.2) is 4.79 Å². The third-order valence-corrected chi connectivity index (χ3v) is 4.29. The van der Waals surface area contributed by atoms with Crippen LogP contribution in [0.3, 0.4) is 0 Å². The quantitative estimate of drug-likeness (QED) is 0.744. The van der Waals surface area contributed by atoms with Crippen molar-refractivity contribution >= 4 is 17.2 Å². The molecular weight excluding hydrogens is 326 g/mol. The number of benzene rings is 1. The van der Waals surface area contributed by atoms with Crippen molar-refractivity contribution in [1.29, 1.82) is 0 Å². The normalized spacial score (nSPS) is 10.7. The lowest BCUT2D eigenvalue weighted by atomic mass is 10.1. The first-order valence-electron chi connectivity index (χ1n) is 7.56. The van der Waals surface area contributed by atoms with Gasteiger partial charge in [-0.05, 0) is 23.9 Å². The summed E-state index contributed by atoms with van der Waals surface area (Å²) >= 11 is 1.45. The molecule has 3 rings (SSSR count).